The first-order chi connectivity index (χ1) is 18.4. The highest BCUT2D eigenvalue weighted by Crippen LogP contribution is 2.27. The number of carbonyl (C=O) groups excluding carboxylic acids is 3. The Morgan fingerprint density at radius 2 is 1.47 bits per heavy atom. The number of nitrogens with zero attached hydrogens (tertiary/aromatic N) is 1. The van der Waals surface area contributed by atoms with Crippen LogP contribution in [0.4, 0.5) is 11.4 Å². The Kier molecular flexibility index (Phi) is 6.84. The van der Waals surface area contributed by atoms with E-state index in [4.69, 9.17) is 5.26 Å². The molecule has 0 atom stereocenters. The second-order valence-corrected chi connectivity index (χ2v) is 9.36. The van der Waals surface area contributed by atoms with E-state index in [1.807, 2.05) is 37.3 Å². The highest BCUT2D eigenvalue weighted by Gasteiger charge is 2.18. The van der Waals surface area contributed by atoms with Gasteiger partial charge in [-0.15, -0.1) is 0 Å². The summed E-state index contributed by atoms with van der Waals surface area (Å²) in [7, 11) is 0. The third-order valence-electron chi connectivity index (χ3n) is 6.72. The number of carbonyl (C=O) groups is 3. The van der Waals surface area contributed by atoms with E-state index in [0.29, 0.717) is 34.5 Å². The molecule has 186 valence electrons. The standard InChI is InChI=1S/C32H25N3O3/c1-20-8-9-25(32(38)35-27-14-15-28-24(17-27)5-3-7-30(28)36)18-29(20)22-10-12-23(13-11-22)31(37)34-26-6-2-4-21(16-26)19-33/h2,4,6,8-18H,3,5,7H2,1H3,(H,34,37)(H,35,38). The van der Waals surface area contributed by atoms with Crippen LogP contribution >= 0.6 is 0 Å². The lowest BCUT2D eigenvalue weighted by molar-refractivity contribution is 0.0970. The molecule has 0 radical (unpaired) electrons. The summed E-state index contributed by atoms with van der Waals surface area (Å²) >= 11 is 0. The summed E-state index contributed by atoms with van der Waals surface area (Å²) < 4.78 is 0. The molecule has 1 aliphatic rings. The van der Waals surface area contributed by atoms with E-state index in [9.17, 15) is 14.4 Å². The van der Waals surface area contributed by atoms with Crippen molar-refractivity contribution in [2.24, 2.45) is 0 Å². The zero-order valence-electron chi connectivity index (χ0n) is 20.9. The van der Waals surface area contributed by atoms with Crippen molar-refractivity contribution in [1.29, 1.82) is 5.26 Å². The molecule has 2 N–H and O–H groups in total. The topological polar surface area (TPSA) is 99.1 Å². The molecule has 4 aromatic rings. The number of hydrogen-bond acceptors (Lipinski definition) is 4. The maximum atomic E-state index is 13.1. The van der Waals surface area contributed by atoms with Gasteiger partial charge in [-0.1, -0.05) is 24.3 Å². The van der Waals surface area contributed by atoms with Crippen LogP contribution in [0.25, 0.3) is 11.1 Å². The summed E-state index contributed by atoms with van der Waals surface area (Å²) in [6.45, 7) is 1.97. The van der Waals surface area contributed by atoms with Crippen molar-refractivity contribution < 1.29 is 14.4 Å². The number of aryl methyl sites for hydroxylation is 2. The van der Waals surface area contributed by atoms with E-state index >= 15 is 0 Å². The van der Waals surface area contributed by atoms with E-state index in [0.717, 1.165) is 40.7 Å². The monoisotopic (exact) mass is 499 g/mol. The zero-order valence-corrected chi connectivity index (χ0v) is 20.9. The first-order valence-corrected chi connectivity index (χ1v) is 12.4. The molecule has 2 amide bonds. The molecule has 5 rings (SSSR count). The quantitative estimate of drug-likeness (QED) is 0.325. The van der Waals surface area contributed by atoms with Gasteiger partial charge in [0, 0.05) is 34.5 Å². The van der Waals surface area contributed by atoms with E-state index in [1.54, 1.807) is 54.6 Å². The third kappa shape index (κ3) is 5.23. The molecule has 6 nitrogen and oxygen atoms in total. The number of Topliss-reactive ketones (excluding diaryl/α,β-unsaturated/α-hetero) is 1. The number of anilines is 2. The van der Waals surface area contributed by atoms with Crippen LogP contribution in [-0.2, 0) is 6.42 Å². The van der Waals surface area contributed by atoms with Crippen LogP contribution in [0.5, 0.6) is 0 Å². The number of nitriles is 1. The molecule has 0 spiro atoms. The summed E-state index contributed by atoms with van der Waals surface area (Å²) in [6.07, 6.45) is 2.24. The first-order valence-electron chi connectivity index (χ1n) is 12.4. The van der Waals surface area contributed by atoms with Gasteiger partial charge in [-0.25, -0.2) is 0 Å². The van der Waals surface area contributed by atoms with Crippen molar-refractivity contribution in [2.75, 3.05) is 10.6 Å². The van der Waals surface area contributed by atoms with Gasteiger partial charge >= 0.3 is 0 Å². The van der Waals surface area contributed by atoms with Gasteiger partial charge < -0.3 is 10.6 Å². The van der Waals surface area contributed by atoms with Crippen LogP contribution in [0.1, 0.15) is 60.6 Å². The number of ketones is 1. The molecule has 1 aliphatic carbocycles. The molecular weight excluding hydrogens is 474 g/mol. The van der Waals surface area contributed by atoms with Crippen molar-refractivity contribution in [3.8, 4) is 17.2 Å². The number of nitrogens with one attached hydrogen (secondary N) is 2. The normalized spacial score (nSPS) is 12.3. The average Bonchev–Trinajstić information content (AvgIpc) is 2.93. The minimum absolute atomic E-state index is 0.156. The van der Waals surface area contributed by atoms with Gasteiger partial charge in [0.15, 0.2) is 5.78 Å². The fourth-order valence-electron chi connectivity index (χ4n) is 4.67. The molecule has 38 heavy (non-hydrogen) atoms. The molecule has 0 fully saturated rings. The minimum atomic E-state index is -0.275. The Labute approximate surface area is 220 Å². The SMILES string of the molecule is Cc1ccc(C(=O)Nc2ccc3c(c2)CCCC3=O)cc1-c1ccc(C(=O)Nc2cccc(C#N)c2)cc1. The van der Waals surface area contributed by atoms with Crippen molar-refractivity contribution in [3.63, 3.8) is 0 Å². The second kappa shape index (κ2) is 10.5. The van der Waals surface area contributed by atoms with Gasteiger partial charge in [-0.05, 0) is 103 Å². The smallest absolute Gasteiger partial charge is 0.255 e. The zero-order chi connectivity index (χ0) is 26.6. The average molecular weight is 500 g/mol. The summed E-state index contributed by atoms with van der Waals surface area (Å²) in [5.41, 5.74) is 7.19. The second-order valence-electron chi connectivity index (χ2n) is 9.36. The van der Waals surface area contributed by atoms with Crippen LogP contribution in [0, 0.1) is 18.3 Å². The van der Waals surface area contributed by atoms with E-state index in [1.165, 1.54) is 0 Å². The van der Waals surface area contributed by atoms with Gasteiger partial charge in [0.25, 0.3) is 11.8 Å². The van der Waals surface area contributed by atoms with Crippen molar-refractivity contribution in [1.82, 2.24) is 0 Å². The Bertz CT molecular complexity index is 1610. The van der Waals surface area contributed by atoms with Gasteiger partial charge in [0.05, 0.1) is 11.6 Å². The van der Waals surface area contributed by atoms with Gasteiger partial charge in [-0.2, -0.15) is 5.26 Å². The summed E-state index contributed by atoms with van der Waals surface area (Å²) in [6, 6.07) is 27.0. The maximum Gasteiger partial charge on any atom is 0.255 e. The summed E-state index contributed by atoms with van der Waals surface area (Å²) in [4.78, 5) is 37.8. The van der Waals surface area contributed by atoms with Crippen LogP contribution in [0.2, 0.25) is 0 Å². The number of benzene rings is 4. The molecule has 4 aromatic carbocycles. The number of fused-ring (bicyclic) bond motifs is 1. The van der Waals surface area contributed by atoms with Crippen molar-refractivity contribution in [2.45, 2.75) is 26.2 Å². The first kappa shape index (κ1) is 24.7. The molecule has 0 unspecified atom stereocenters. The summed E-state index contributed by atoms with van der Waals surface area (Å²) in [5, 5.41) is 14.8. The minimum Gasteiger partial charge on any atom is -0.322 e. The van der Waals surface area contributed by atoms with E-state index in [-0.39, 0.29) is 17.6 Å². The lowest BCUT2D eigenvalue weighted by Crippen LogP contribution is -2.15. The molecule has 0 aliphatic heterocycles. The number of amides is 2. The largest absolute Gasteiger partial charge is 0.322 e. The maximum absolute atomic E-state index is 13.1. The van der Waals surface area contributed by atoms with Gasteiger partial charge in [-0.3, -0.25) is 14.4 Å². The Hall–Kier alpha value is -5.02. The van der Waals surface area contributed by atoms with Crippen molar-refractivity contribution >= 4 is 29.0 Å². The highest BCUT2D eigenvalue weighted by atomic mass is 16.2. The fraction of sp³-hybridized carbons (Fsp3) is 0.125. The molecule has 0 heterocycles. The molecular formula is C32H25N3O3. The predicted octanol–water partition coefficient (Wildman–Crippen LogP) is 6.56. The highest BCUT2D eigenvalue weighted by molar-refractivity contribution is 6.06. The van der Waals surface area contributed by atoms with Gasteiger partial charge in [0.2, 0.25) is 0 Å². The van der Waals surface area contributed by atoms with E-state index in [2.05, 4.69) is 16.7 Å². The molecule has 0 aromatic heterocycles. The fourth-order valence-corrected chi connectivity index (χ4v) is 4.67. The lowest BCUT2D eigenvalue weighted by Gasteiger charge is -2.16. The molecule has 6 heteroatoms. The Morgan fingerprint density at radius 3 is 2.24 bits per heavy atom. The summed E-state index contributed by atoms with van der Waals surface area (Å²) in [5.74, 6) is -0.351. The van der Waals surface area contributed by atoms with Crippen LogP contribution < -0.4 is 10.6 Å². The van der Waals surface area contributed by atoms with E-state index < -0.39 is 0 Å². The van der Waals surface area contributed by atoms with Crippen LogP contribution in [0.3, 0.4) is 0 Å². The third-order valence-corrected chi connectivity index (χ3v) is 6.72. The number of rotatable bonds is 5. The Morgan fingerprint density at radius 1 is 0.763 bits per heavy atom. The van der Waals surface area contributed by atoms with Crippen LogP contribution in [0.15, 0.2) is 84.9 Å². The molecule has 0 bridgehead atoms. The van der Waals surface area contributed by atoms with Crippen molar-refractivity contribution in [3.05, 3.63) is 118 Å². The molecule has 0 saturated carbocycles. The predicted molar refractivity (Wildman–Crippen MR) is 147 cm³/mol. The molecule has 0 saturated heterocycles. The lowest BCUT2D eigenvalue weighted by atomic mass is 9.90. The Balaban J connectivity index is 1.32. The number of hydrogen-bond donors (Lipinski definition) is 2. The van der Waals surface area contributed by atoms with Gasteiger partial charge in [0.1, 0.15) is 0 Å². The van der Waals surface area contributed by atoms with Crippen LogP contribution in [-0.4, -0.2) is 17.6 Å².